The van der Waals surface area contributed by atoms with Crippen molar-refractivity contribution in [3.63, 3.8) is 0 Å². The molecule has 0 saturated heterocycles. The van der Waals surface area contributed by atoms with E-state index in [9.17, 15) is 3.74 Å². The fraction of sp³-hybridized carbons (Fsp3) is 0. The standard InChI is InChI=1S/C12H9AsN2O2/c16-12-7-5-11(6-8-12)15-14-10-3-1-9(13-17)2-4-10/h1-8,16H. The summed E-state index contributed by atoms with van der Waals surface area (Å²) < 4.78 is 11.5. The van der Waals surface area contributed by atoms with E-state index < -0.39 is 15.7 Å². The van der Waals surface area contributed by atoms with Gasteiger partial charge in [0.15, 0.2) is 0 Å². The Hall–Kier alpha value is -1.80. The van der Waals surface area contributed by atoms with E-state index in [1.165, 1.54) is 0 Å². The minimum atomic E-state index is -0.981. The summed E-state index contributed by atoms with van der Waals surface area (Å²) in [6, 6.07) is 13.6. The number of hydrogen-bond donors (Lipinski definition) is 1. The summed E-state index contributed by atoms with van der Waals surface area (Å²) in [5.74, 6) is 0.201. The van der Waals surface area contributed by atoms with Crippen molar-refractivity contribution in [3.8, 4) is 5.75 Å². The Balaban J connectivity index is 2.14. The topological polar surface area (TPSA) is 62.0 Å². The Labute approximate surface area is 105 Å². The molecule has 0 saturated carbocycles. The molecule has 2 rings (SSSR count). The van der Waals surface area contributed by atoms with Crippen molar-refractivity contribution in [1.29, 1.82) is 0 Å². The molecule has 0 bridgehead atoms. The number of hydrogen-bond acceptors (Lipinski definition) is 4. The second-order valence-corrected chi connectivity index (χ2v) is 4.79. The van der Waals surface area contributed by atoms with Gasteiger partial charge in [0, 0.05) is 0 Å². The fourth-order valence-corrected chi connectivity index (χ4v) is 1.78. The van der Waals surface area contributed by atoms with Gasteiger partial charge in [-0.1, -0.05) is 0 Å². The first-order valence-corrected chi connectivity index (χ1v) is 6.62. The van der Waals surface area contributed by atoms with Crippen LogP contribution < -0.4 is 4.35 Å². The predicted octanol–water partition coefficient (Wildman–Crippen LogP) is 2.48. The van der Waals surface area contributed by atoms with Crippen molar-refractivity contribution in [2.45, 2.75) is 0 Å². The van der Waals surface area contributed by atoms with E-state index in [4.69, 9.17) is 5.11 Å². The first kappa shape index (κ1) is 11.7. The molecule has 0 unspecified atom stereocenters. The zero-order valence-electron chi connectivity index (χ0n) is 8.82. The summed E-state index contributed by atoms with van der Waals surface area (Å²) in [7, 11) is 0. The van der Waals surface area contributed by atoms with Crippen molar-refractivity contribution in [3.05, 3.63) is 48.5 Å². The molecule has 0 spiro atoms. The molecule has 0 heterocycles. The summed E-state index contributed by atoms with van der Waals surface area (Å²) in [4.78, 5) is 0. The third-order valence-electron chi connectivity index (χ3n) is 2.09. The van der Waals surface area contributed by atoms with E-state index in [-0.39, 0.29) is 5.75 Å². The van der Waals surface area contributed by atoms with Crippen LogP contribution >= 0.6 is 0 Å². The average molecular weight is 288 g/mol. The number of phenolic OH excluding ortho intramolecular Hbond substituents is 1. The molecular weight excluding hydrogens is 279 g/mol. The van der Waals surface area contributed by atoms with E-state index in [1.807, 2.05) is 0 Å². The molecule has 0 amide bonds. The van der Waals surface area contributed by atoms with Gasteiger partial charge in [0.25, 0.3) is 0 Å². The van der Waals surface area contributed by atoms with Crippen molar-refractivity contribution in [2.75, 3.05) is 0 Å². The first-order chi connectivity index (χ1) is 8.28. The molecule has 0 aliphatic heterocycles. The monoisotopic (exact) mass is 288 g/mol. The van der Waals surface area contributed by atoms with E-state index in [0.717, 1.165) is 4.35 Å². The molecule has 0 aromatic heterocycles. The zero-order valence-corrected chi connectivity index (χ0v) is 10.7. The minimum absolute atomic E-state index is 0.201. The first-order valence-electron chi connectivity index (χ1n) is 4.92. The van der Waals surface area contributed by atoms with E-state index in [2.05, 4.69) is 10.2 Å². The van der Waals surface area contributed by atoms with Crippen LogP contribution in [0.3, 0.4) is 0 Å². The maximum atomic E-state index is 10.7. The molecular formula is C12H9AsN2O2. The van der Waals surface area contributed by atoms with Crippen LogP contribution in [0.5, 0.6) is 5.75 Å². The van der Waals surface area contributed by atoms with Crippen LogP contribution in [0.15, 0.2) is 58.8 Å². The summed E-state index contributed by atoms with van der Waals surface area (Å²) in [6.07, 6.45) is 0. The van der Waals surface area contributed by atoms with Crippen LogP contribution in [-0.2, 0) is 3.74 Å². The van der Waals surface area contributed by atoms with Crippen LogP contribution in [0.25, 0.3) is 0 Å². The normalized spacial score (nSPS) is 11.1. The van der Waals surface area contributed by atoms with Crippen LogP contribution in [0.4, 0.5) is 11.4 Å². The number of nitrogens with zero attached hydrogens (tertiary/aromatic N) is 2. The van der Waals surface area contributed by atoms with Gasteiger partial charge in [-0.2, -0.15) is 0 Å². The van der Waals surface area contributed by atoms with Crippen molar-refractivity contribution < 1.29 is 8.85 Å². The predicted molar refractivity (Wildman–Crippen MR) is 64.8 cm³/mol. The number of benzene rings is 2. The van der Waals surface area contributed by atoms with Crippen LogP contribution in [0, 0.1) is 0 Å². The van der Waals surface area contributed by atoms with Gasteiger partial charge < -0.3 is 0 Å². The Morgan fingerprint density at radius 3 is 1.76 bits per heavy atom. The molecule has 2 aromatic carbocycles. The fourth-order valence-electron chi connectivity index (χ4n) is 1.21. The molecule has 0 fully saturated rings. The molecule has 17 heavy (non-hydrogen) atoms. The molecule has 0 aliphatic carbocycles. The number of aromatic hydroxyl groups is 1. The van der Waals surface area contributed by atoms with Gasteiger partial charge in [-0.25, -0.2) is 0 Å². The van der Waals surface area contributed by atoms with Gasteiger partial charge in [-0.05, 0) is 0 Å². The molecule has 5 heteroatoms. The quantitative estimate of drug-likeness (QED) is 0.696. The second-order valence-electron chi connectivity index (χ2n) is 3.32. The van der Waals surface area contributed by atoms with Crippen molar-refractivity contribution >= 4 is 31.4 Å². The van der Waals surface area contributed by atoms with Gasteiger partial charge in [0.2, 0.25) is 0 Å². The number of rotatable bonds is 3. The molecule has 84 valence electrons. The average Bonchev–Trinajstić information content (AvgIpc) is 2.39. The number of phenols is 1. The van der Waals surface area contributed by atoms with Gasteiger partial charge in [0.1, 0.15) is 0 Å². The molecule has 0 aliphatic rings. The van der Waals surface area contributed by atoms with Gasteiger partial charge >= 0.3 is 105 Å². The van der Waals surface area contributed by atoms with Crippen molar-refractivity contribution in [2.24, 2.45) is 10.2 Å². The Morgan fingerprint density at radius 1 is 0.824 bits per heavy atom. The zero-order chi connectivity index (χ0) is 12.1. The summed E-state index contributed by atoms with van der Waals surface area (Å²) in [5.41, 5.74) is 1.37. The third kappa shape index (κ3) is 3.33. The maximum absolute atomic E-state index is 10.7. The Morgan fingerprint density at radius 2 is 1.29 bits per heavy atom. The van der Waals surface area contributed by atoms with E-state index in [0.29, 0.717) is 11.4 Å². The van der Waals surface area contributed by atoms with Crippen LogP contribution in [-0.4, -0.2) is 20.8 Å². The number of azo groups is 1. The van der Waals surface area contributed by atoms with Gasteiger partial charge in [-0.3, -0.25) is 0 Å². The van der Waals surface area contributed by atoms with E-state index in [1.54, 1.807) is 48.5 Å². The Kier molecular flexibility index (Phi) is 3.78. The molecule has 0 radical (unpaired) electrons. The summed E-state index contributed by atoms with van der Waals surface area (Å²) in [5, 5.41) is 17.2. The van der Waals surface area contributed by atoms with Gasteiger partial charge in [-0.15, -0.1) is 0 Å². The van der Waals surface area contributed by atoms with Crippen LogP contribution in [0.1, 0.15) is 0 Å². The van der Waals surface area contributed by atoms with Crippen LogP contribution in [0.2, 0.25) is 0 Å². The Bertz CT molecular complexity index is 535. The van der Waals surface area contributed by atoms with Crippen molar-refractivity contribution in [1.82, 2.24) is 0 Å². The third-order valence-corrected chi connectivity index (χ3v) is 3.15. The molecule has 0 atom stereocenters. The summed E-state index contributed by atoms with van der Waals surface area (Å²) in [6.45, 7) is 0. The second kappa shape index (κ2) is 5.50. The summed E-state index contributed by atoms with van der Waals surface area (Å²) >= 11 is -0.981. The molecule has 1 N–H and O–H groups in total. The van der Waals surface area contributed by atoms with E-state index >= 15 is 0 Å². The van der Waals surface area contributed by atoms with Gasteiger partial charge in [0.05, 0.1) is 0 Å². The SMILES string of the molecule is O=[As]c1ccc(N=Nc2ccc(O)cc2)cc1. The molecule has 2 aromatic rings. The molecule has 4 nitrogen and oxygen atoms in total.